The molecule has 0 aliphatic carbocycles. The number of halogens is 1. The molecule has 140 valence electrons. The summed E-state index contributed by atoms with van der Waals surface area (Å²) in [5.74, 6) is -1.46. The van der Waals surface area contributed by atoms with E-state index in [1.165, 1.54) is 12.3 Å². The van der Waals surface area contributed by atoms with E-state index in [9.17, 15) is 4.39 Å². The van der Waals surface area contributed by atoms with Crippen LogP contribution in [0.1, 0.15) is 33.3 Å². The van der Waals surface area contributed by atoms with Crippen molar-refractivity contribution in [2.75, 3.05) is 6.61 Å². The molecule has 3 saturated heterocycles. The second-order valence-corrected chi connectivity index (χ2v) is 7.43. The average molecular weight is 358 g/mol. The zero-order valence-corrected chi connectivity index (χ0v) is 14.7. The normalized spacial score (nSPS) is 39.0. The first kappa shape index (κ1) is 17.4. The van der Waals surface area contributed by atoms with Gasteiger partial charge in [0, 0.05) is 0 Å². The van der Waals surface area contributed by atoms with Crippen molar-refractivity contribution < 1.29 is 37.2 Å². The largest absolute Gasteiger partial charge is 0.439 e. The van der Waals surface area contributed by atoms with E-state index in [2.05, 4.69) is 4.42 Å². The van der Waals surface area contributed by atoms with Crippen LogP contribution in [-0.4, -0.2) is 48.9 Å². The summed E-state index contributed by atoms with van der Waals surface area (Å²) in [7, 11) is 0. The molecule has 0 radical (unpaired) electrons. The van der Waals surface area contributed by atoms with Gasteiger partial charge in [-0.15, -0.1) is 0 Å². The topological polar surface area (TPSA) is 68.5 Å². The SMILES string of the molecule is CC1(C)O[C@H]2O[C@H]([C@H]3COC(C)(C)O3)[C@H](OCc3ccoc3F)[C@H]2O1. The maximum Gasteiger partial charge on any atom is 0.283 e. The third-order valence-corrected chi connectivity index (χ3v) is 4.55. The lowest BCUT2D eigenvalue weighted by Crippen LogP contribution is -2.44. The van der Waals surface area contributed by atoms with E-state index in [0.29, 0.717) is 12.2 Å². The lowest BCUT2D eigenvalue weighted by Gasteiger charge is -2.29. The Morgan fingerprint density at radius 3 is 2.56 bits per heavy atom. The van der Waals surface area contributed by atoms with E-state index >= 15 is 0 Å². The first-order valence-electron chi connectivity index (χ1n) is 8.40. The van der Waals surface area contributed by atoms with Crippen molar-refractivity contribution >= 4 is 0 Å². The molecule has 0 spiro atoms. The van der Waals surface area contributed by atoms with Crippen LogP contribution in [0.4, 0.5) is 4.39 Å². The van der Waals surface area contributed by atoms with Gasteiger partial charge in [0.25, 0.3) is 6.01 Å². The highest BCUT2D eigenvalue weighted by Crippen LogP contribution is 2.42. The Hall–Kier alpha value is -1.03. The van der Waals surface area contributed by atoms with Gasteiger partial charge in [0.05, 0.1) is 25.0 Å². The molecular formula is C17H23FO7. The highest BCUT2D eigenvalue weighted by molar-refractivity contribution is 5.07. The number of fused-ring (bicyclic) bond motifs is 1. The standard InChI is InChI=1S/C17H23FO7/c1-16(2)21-8-10(23-16)11-12(20-7-9-5-6-19-14(9)18)13-15(22-11)25-17(3,4)24-13/h5-6,10-13,15H,7-8H2,1-4H3/t10-,11-,12+,13-,15-/m1/s1. The molecule has 0 saturated carbocycles. The molecule has 0 N–H and O–H groups in total. The second kappa shape index (κ2) is 6.00. The monoisotopic (exact) mass is 358 g/mol. The van der Waals surface area contributed by atoms with Gasteiger partial charge in [-0.1, -0.05) is 0 Å². The first-order valence-corrected chi connectivity index (χ1v) is 8.40. The summed E-state index contributed by atoms with van der Waals surface area (Å²) in [4.78, 5) is 0. The minimum atomic E-state index is -0.769. The molecule has 3 fully saturated rings. The molecule has 3 aliphatic rings. The minimum absolute atomic E-state index is 0.0385. The Morgan fingerprint density at radius 1 is 1.12 bits per heavy atom. The van der Waals surface area contributed by atoms with Gasteiger partial charge in [-0.05, 0) is 33.8 Å². The number of rotatable bonds is 4. The number of hydrogen-bond donors (Lipinski definition) is 0. The van der Waals surface area contributed by atoms with Gasteiger partial charge in [0.1, 0.15) is 24.4 Å². The first-order chi connectivity index (χ1) is 11.7. The Kier molecular flexibility index (Phi) is 4.18. The number of furan rings is 1. The van der Waals surface area contributed by atoms with E-state index in [0.717, 1.165) is 0 Å². The fourth-order valence-electron chi connectivity index (χ4n) is 3.48. The van der Waals surface area contributed by atoms with Gasteiger partial charge in [-0.3, -0.25) is 0 Å². The Bertz CT molecular complexity index is 628. The highest BCUT2D eigenvalue weighted by Gasteiger charge is 2.58. The maximum atomic E-state index is 13.5. The summed E-state index contributed by atoms with van der Waals surface area (Å²) in [6.07, 6.45) is -0.955. The third-order valence-electron chi connectivity index (χ3n) is 4.55. The number of ether oxygens (including phenoxy) is 6. The van der Waals surface area contributed by atoms with Gasteiger partial charge >= 0.3 is 0 Å². The van der Waals surface area contributed by atoms with E-state index in [1.807, 2.05) is 27.7 Å². The van der Waals surface area contributed by atoms with Gasteiger partial charge < -0.3 is 32.8 Å². The van der Waals surface area contributed by atoms with Crippen LogP contribution in [0.3, 0.4) is 0 Å². The summed E-state index contributed by atoms with van der Waals surface area (Å²) in [6.45, 7) is 7.73. The van der Waals surface area contributed by atoms with Crippen molar-refractivity contribution in [3.63, 3.8) is 0 Å². The summed E-state index contributed by atoms with van der Waals surface area (Å²) >= 11 is 0. The van der Waals surface area contributed by atoms with Gasteiger partial charge in [-0.2, -0.15) is 4.39 Å². The molecule has 4 rings (SSSR count). The van der Waals surface area contributed by atoms with E-state index in [-0.39, 0.29) is 12.7 Å². The minimum Gasteiger partial charge on any atom is -0.439 e. The smallest absolute Gasteiger partial charge is 0.283 e. The molecule has 0 amide bonds. The molecule has 3 aliphatic heterocycles. The molecule has 25 heavy (non-hydrogen) atoms. The molecule has 1 aromatic heterocycles. The van der Waals surface area contributed by atoms with Crippen molar-refractivity contribution in [1.82, 2.24) is 0 Å². The third kappa shape index (κ3) is 3.34. The van der Waals surface area contributed by atoms with Gasteiger partial charge in [0.15, 0.2) is 17.9 Å². The molecule has 7 nitrogen and oxygen atoms in total. The van der Waals surface area contributed by atoms with Crippen molar-refractivity contribution in [2.45, 2.75) is 76.6 Å². The zero-order valence-electron chi connectivity index (χ0n) is 14.7. The Balaban J connectivity index is 1.51. The van der Waals surface area contributed by atoms with Crippen LogP contribution >= 0.6 is 0 Å². The summed E-state index contributed by atoms with van der Waals surface area (Å²) < 4.78 is 53.5. The molecule has 0 unspecified atom stereocenters. The van der Waals surface area contributed by atoms with Crippen LogP contribution in [-0.2, 0) is 35.0 Å². The summed E-state index contributed by atoms with van der Waals surface area (Å²) in [6, 6.07) is 0.879. The summed E-state index contributed by atoms with van der Waals surface area (Å²) in [5.41, 5.74) is 0.337. The average Bonchev–Trinajstić information content (AvgIpc) is 3.21. The molecule has 5 atom stereocenters. The van der Waals surface area contributed by atoms with Crippen molar-refractivity contribution in [3.05, 3.63) is 23.9 Å². The Morgan fingerprint density at radius 2 is 1.92 bits per heavy atom. The van der Waals surface area contributed by atoms with Crippen LogP contribution in [0.25, 0.3) is 0 Å². The van der Waals surface area contributed by atoms with Crippen LogP contribution in [0.2, 0.25) is 0 Å². The van der Waals surface area contributed by atoms with E-state index < -0.39 is 42.2 Å². The van der Waals surface area contributed by atoms with Crippen LogP contribution in [0, 0.1) is 6.01 Å². The highest BCUT2D eigenvalue weighted by atomic mass is 19.1. The fraction of sp³-hybridized carbons (Fsp3) is 0.765. The second-order valence-electron chi connectivity index (χ2n) is 7.43. The van der Waals surface area contributed by atoms with Crippen molar-refractivity contribution in [2.24, 2.45) is 0 Å². The van der Waals surface area contributed by atoms with E-state index in [4.69, 9.17) is 28.4 Å². The molecule has 0 bridgehead atoms. The predicted octanol–water partition coefficient (Wildman–Crippen LogP) is 2.33. The molecule has 0 aromatic carbocycles. The molecule has 4 heterocycles. The predicted molar refractivity (Wildman–Crippen MR) is 80.8 cm³/mol. The fourth-order valence-corrected chi connectivity index (χ4v) is 3.48. The molecular weight excluding hydrogens is 335 g/mol. The van der Waals surface area contributed by atoms with Gasteiger partial charge in [0.2, 0.25) is 0 Å². The maximum absolute atomic E-state index is 13.5. The summed E-state index contributed by atoms with van der Waals surface area (Å²) in [5, 5.41) is 0. The van der Waals surface area contributed by atoms with E-state index in [1.54, 1.807) is 0 Å². The molecule has 8 heteroatoms. The van der Waals surface area contributed by atoms with Crippen LogP contribution in [0.5, 0.6) is 0 Å². The van der Waals surface area contributed by atoms with Gasteiger partial charge in [-0.25, -0.2) is 0 Å². The quantitative estimate of drug-likeness (QED) is 0.818. The zero-order chi connectivity index (χ0) is 17.8. The lowest BCUT2D eigenvalue weighted by atomic mass is 10.1. The van der Waals surface area contributed by atoms with Crippen LogP contribution < -0.4 is 0 Å². The Labute approximate surface area is 145 Å². The lowest BCUT2D eigenvalue weighted by molar-refractivity contribution is -0.236. The van der Waals surface area contributed by atoms with Crippen molar-refractivity contribution in [3.8, 4) is 0 Å². The van der Waals surface area contributed by atoms with Crippen molar-refractivity contribution in [1.29, 1.82) is 0 Å². The van der Waals surface area contributed by atoms with Crippen LogP contribution in [0.15, 0.2) is 16.7 Å². The number of hydrogen-bond acceptors (Lipinski definition) is 7. The molecule has 1 aromatic rings.